The van der Waals surface area contributed by atoms with E-state index in [9.17, 15) is 10.1 Å². The van der Waals surface area contributed by atoms with Gasteiger partial charge in [-0.05, 0) is 19.4 Å². The van der Waals surface area contributed by atoms with E-state index in [1.54, 1.807) is 0 Å². The first-order valence-corrected chi connectivity index (χ1v) is 6.72. The first-order chi connectivity index (χ1) is 9.02. The van der Waals surface area contributed by atoms with Crippen LogP contribution in [0, 0.1) is 25.2 Å². The molecule has 19 heavy (non-hydrogen) atoms. The van der Waals surface area contributed by atoms with Gasteiger partial charge in [-0.3, -0.25) is 4.79 Å². The maximum absolute atomic E-state index is 11.3. The van der Waals surface area contributed by atoms with E-state index < -0.39 is 0 Å². The van der Waals surface area contributed by atoms with Gasteiger partial charge in [0, 0.05) is 17.4 Å². The zero-order valence-corrected chi connectivity index (χ0v) is 11.9. The van der Waals surface area contributed by atoms with E-state index in [1.165, 1.54) is 18.3 Å². The molecule has 1 aromatic carbocycles. The Labute approximate surface area is 116 Å². The van der Waals surface area contributed by atoms with E-state index >= 15 is 0 Å². The molecule has 0 fully saturated rings. The van der Waals surface area contributed by atoms with Gasteiger partial charge >= 0.3 is 0 Å². The highest BCUT2D eigenvalue weighted by Crippen LogP contribution is 2.40. The number of hydrogen-bond donors (Lipinski definition) is 1. The summed E-state index contributed by atoms with van der Waals surface area (Å²) in [4.78, 5) is 12.9. The summed E-state index contributed by atoms with van der Waals surface area (Å²) in [5.41, 5.74) is 3.75. The number of anilines is 1. The molecular formula is C15H14N2OS. The third-order valence-electron chi connectivity index (χ3n) is 2.79. The Bertz CT molecular complexity index is 680. The SMILES string of the molecule is CC(=O)Nc1c(C#N)sc(C)c1-c1cccc(C)c1. The number of aryl methyl sites for hydroxylation is 2. The maximum Gasteiger partial charge on any atom is 0.221 e. The average molecular weight is 270 g/mol. The van der Waals surface area contributed by atoms with Gasteiger partial charge in [0.25, 0.3) is 0 Å². The molecule has 0 saturated heterocycles. The van der Waals surface area contributed by atoms with Crippen LogP contribution in [0.2, 0.25) is 0 Å². The summed E-state index contributed by atoms with van der Waals surface area (Å²) in [6.07, 6.45) is 0. The van der Waals surface area contributed by atoms with Gasteiger partial charge < -0.3 is 5.32 Å². The minimum atomic E-state index is -0.164. The molecule has 2 aromatic rings. The van der Waals surface area contributed by atoms with Crippen LogP contribution in [0.5, 0.6) is 0 Å². The fourth-order valence-corrected chi connectivity index (χ4v) is 3.00. The summed E-state index contributed by atoms with van der Waals surface area (Å²) in [5, 5.41) is 12.0. The maximum atomic E-state index is 11.3. The molecule has 0 saturated carbocycles. The van der Waals surface area contributed by atoms with E-state index in [4.69, 9.17) is 0 Å². The van der Waals surface area contributed by atoms with E-state index in [2.05, 4.69) is 17.5 Å². The summed E-state index contributed by atoms with van der Waals surface area (Å²) in [7, 11) is 0. The van der Waals surface area contributed by atoms with Gasteiger partial charge in [-0.25, -0.2) is 0 Å². The lowest BCUT2D eigenvalue weighted by Crippen LogP contribution is -2.07. The molecule has 0 radical (unpaired) electrons. The molecule has 0 aliphatic heterocycles. The lowest BCUT2D eigenvalue weighted by Gasteiger charge is -2.07. The summed E-state index contributed by atoms with van der Waals surface area (Å²) < 4.78 is 0. The van der Waals surface area contributed by atoms with Gasteiger partial charge in [0.2, 0.25) is 5.91 Å². The lowest BCUT2D eigenvalue weighted by molar-refractivity contribution is -0.114. The van der Waals surface area contributed by atoms with E-state index in [1.807, 2.05) is 32.0 Å². The number of carbonyl (C=O) groups excluding carboxylic acids is 1. The van der Waals surface area contributed by atoms with Crippen LogP contribution in [-0.2, 0) is 4.79 Å². The average Bonchev–Trinajstić information content (AvgIpc) is 2.64. The largest absolute Gasteiger partial charge is 0.324 e. The quantitative estimate of drug-likeness (QED) is 0.900. The van der Waals surface area contributed by atoms with Gasteiger partial charge in [-0.15, -0.1) is 11.3 Å². The predicted molar refractivity (Wildman–Crippen MR) is 78.2 cm³/mol. The number of nitriles is 1. The Morgan fingerprint density at radius 3 is 2.68 bits per heavy atom. The normalized spacial score (nSPS) is 10.0. The first kappa shape index (κ1) is 13.3. The topological polar surface area (TPSA) is 52.9 Å². The van der Waals surface area contributed by atoms with Crippen molar-refractivity contribution in [3.63, 3.8) is 0 Å². The Morgan fingerprint density at radius 1 is 1.37 bits per heavy atom. The van der Waals surface area contributed by atoms with Crippen molar-refractivity contribution in [1.82, 2.24) is 0 Å². The Balaban J connectivity index is 2.65. The number of benzene rings is 1. The number of thiophene rings is 1. The molecule has 96 valence electrons. The molecule has 0 spiro atoms. The van der Waals surface area contributed by atoms with Crippen molar-refractivity contribution in [2.24, 2.45) is 0 Å². The number of carbonyl (C=O) groups is 1. The molecule has 0 aliphatic rings. The van der Waals surface area contributed by atoms with E-state index in [0.29, 0.717) is 10.6 Å². The zero-order chi connectivity index (χ0) is 14.0. The van der Waals surface area contributed by atoms with Crippen LogP contribution in [0.15, 0.2) is 24.3 Å². The number of nitrogens with zero attached hydrogens (tertiary/aromatic N) is 1. The van der Waals surface area contributed by atoms with Crippen molar-refractivity contribution < 1.29 is 4.79 Å². The van der Waals surface area contributed by atoms with Crippen molar-refractivity contribution in [1.29, 1.82) is 5.26 Å². The van der Waals surface area contributed by atoms with Crippen LogP contribution in [0.1, 0.15) is 22.2 Å². The molecule has 1 heterocycles. The number of rotatable bonds is 2. The Morgan fingerprint density at radius 2 is 2.11 bits per heavy atom. The highest BCUT2D eigenvalue weighted by Gasteiger charge is 2.18. The van der Waals surface area contributed by atoms with E-state index in [0.717, 1.165) is 21.6 Å². The predicted octanol–water partition coefficient (Wildman–Crippen LogP) is 3.86. The molecule has 0 bridgehead atoms. The molecule has 0 unspecified atom stereocenters. The third-order valence-corrected chi connectivity index (χ3v) is 3.80. The number of amides is 1. The van der Waals surface area contributed by atoms with Crippen molar-refractivity contribution in [3.8, 4) is 17.2 Å². The lowest BCUT2D eigenvalue weighted by atomic mass is 10.0. The van der Waals surface area contributed by atoms with Crippen molar-refractivity contribution >= 4 is 22.9 Å². The van der Waals surface area contributed by atoms with Gasteiger partial charge in [-0.2, -0.15) is 5.26 Å². The van der Waals surface area contributed by atoms with Crippen LogP contribution < -0.4 is 5.32 Å². The summed E-state index contributed by atoms with van der Waals surface area (Å²) in [6, 6.07) is 10.2. The molecule has 1 N–H and O–H groups in total. The molecule has 2 rings (SSSR count). The smallest absolute Gasteiger partial charge is 0.221 e. The second-order valence-electron chi connectivity index (χ2n) is 4.40. The molecule has 0 aliphatic carbocycles. The Hall–Kier alpha value is -2.12. The van der Waals surface area contributed by atoms with Crippen LogP contribution >= 0.6 is 11.3 Å². The van der Waals surface area contributed by atoms with Crippen LogP contribution in [-0.4, -0.2) is 5.91 Å². The van der Waals surface area contributed by atoms with E-state index in [-0.39, 0.29) is 5.91 Å². The molecule has 3 nitrogen and oxygen atoms in total. The molecule has 1 aromatic heterocycles. The Kier molecular flexibility index (Phi) is 3.68. The minimum absolute atomic E-state index is 0.164. The molecular weight excluding hydrogens is 256 g/mol. The van der Waals surface area contributed by atoms with Gasteiger partial charge in [-0.1, -0.05) is 29.8 Å². The van der Waals surface area contributed by atoms with Crippen LogP contribution in [0.25, 0.3) is 11.1 Å². The third kappa shape index (κ3) is 2.67. The van der Waals surface area contributed by atoms with Crippen molar-refractivity contribution in [3.05, 3.63) is 39.6 Å². The molecule has 1 amide bonds. The molecule has 4 heteroatoms. The first-order valence-electron chi connectivity index (χ1n) is 5.91. The van der Waals surface area contributed by atoms with Crippen molar-refractivity contribution in [2.75, 3.05) is 5.32 Å². The number of hydrogen-bond acceptors (Lipinski definition) is 3. The second-order valence-corrected chi connectivity index (χ2v) is 5.62. The van der Waals surface area contributed by atoms with Crippen LogP contribution in [0.4, 0.5) is 5.69 Å². The standard InChI is InChI=1S/C15H14N2OS/c1-9-5-4-6-12(7-9)14-10(2)19-13(8-16)15(14)17-11(3)18/h4-7H,1-3H3,(H,17,18). The van der Waals surface area contributed by atoms with Crippen molar-refractivity contribution in [2.45, 2.75) is 20.8 Å². The highest BCUT2D eigenvalue weighted by atomic mass is 32.1. The monoisotopic (exact) mass is 270 g/mol. The fourth-order valence-electron chi connectivity index (χ4n) is 2.07. The minimum Gasteiger partial charge on any atom is -0.324 e. The zero-order valence-electron chi connectivity index (χ0n) is 11.1. The summed E-state index contributed by atoms with van der Waals surface area (Å²) in [5.74, 6) is -0.164. The van der Waals surface area contributed by atoms with Gasteiger partial charge in [0.15, 0.2) is 0 Å². The highest BCUT2D eigenvalue weighted by molar-refractivity contribution is 7.13. The summed E-state index contributed by atoms with van der Waals surface area (Å²) in [6.45, 7) is 5.44. The van der Waals surface area contributed by atoms with Crippen LogP contribution in [0.3, 0.4) is 0 Å². The molecule has 0 atom stereocenters. The van der Waals surface area contributed by atoms with Gasteiger partial charge in [0.05, 0.1) is 5.69 Å². The fraction of sp³-hybridized carbons (Fsp3) is 0.200. The summed E-state index contributed by atoms with van der Waals surface area (Å²) >= 11 is 1.41. The van der Waals surface area contributed by atoms with Gasteiger partial charge in [0.1, 0.15) is 10.9 Å². The second kappa shape index (κ2) is 5.25. The number of nitrogens with one attached hydrogen (secondary N) is 1.